The fourth-order valence-electron chi connectivity index (χ4n) is 20.6. The number of aromatic hydroxyl groups is 4. The molecule has 0 aliphatic heterocycles. The van der Waals surface area contributed by atoms with Crippen LogP contribution in [-0.4, -0.2) is 20.4 Å². The van der Waals surface area contributed by atoms with Crippen molar-refractivity contribution in [1.29, 1.82) is 0 Å². The average molecular weight is 1910 g/mol. The van der Waals surface area contributed by atoms with Crippen molar-refractivity contribution in [3.05, 3.63) is 398 Å². The summed E-state index contributed by atoms with van der Waals surface area (Å²) in [6.07, 6.45) is 9.89. The first-order valence-corrected chi connectivity index (χ1v) is 43.4. The third-order valence-corrected chi connectivity index (χ3v) is 27.0. The first-order valence-electron chi connectivity index (χ1n) is 43.4. The molecule has 0 aromatic heterocycles. The van der Waals surface area contributed by atoms with Crippen molar-refractivity contribution in [2.24, 2.45) is 5.92 Å². The number of phenols is 4. The van der Waals surface area contributed by atoms with Gasteiger partial charge in [-0.25, -0.2) is 0 Å². The Hall–Kier alpha value is -7.30. The minimum Gasteiger partial charge on any atom is -0.507 e. The average Bonchev–Trinajstić information content (AvgIpc) is 1.57. The molecule has 4 aliphatic rings. The number of fused-ring (bicyclic) bond motifs is 12. The summed E-state index contributed by atoms with van der Waals surface area (Å²) in [4.78, 5) is 0. The molecule has 12 aromatic carbocycles. The maximum absolute atomic E-state index is 11.4. The Morgan fingerprint density at radius 2 is 0.515 bits per heavy atom. The van der Waals surface area contributed by atoms with Gasteiger partial charge in [-0.15, -0.1) is 0 Å². The van der Waals surface area contributed by atoms with E-state index in [4.69, 9.17) is 0 Å². The van der Waals surface area contributed by atoms with Crippen LogP contribution in [0.25, 0.3) is 89.0 Å². The van der Waals surface area contributed by atoms with E-state index in [2.05, 4.69) is 353 Å². The van der Waals surface area contributed by atoms with Crippen molar-refractivity contribution >= 4 is 0 Å². The van der Waals surface area contributed by atoms with Crippen LogP contribution in [0.15, 0.2) is 237 Å². The molecule has 0 saturated carbocycles. The molecule has 0 fully saturated rings. The maximum Gasteiger partial charge on any atom is 3.00 e. The number of hydrogen-bond acceptors (Lipinski definition) is 4. The van der Waals surface area contributed by atoms with Crippen molar-refractivity contribution in [1.82, 2.24) is 0 Å². The van der Waals surface area contributed by atoms with Crippen LogP contribution in [0, 0.1) is 102 Å². The summed E-state index contributed by atoms with van der Waals surface area (Å²) in [6, 6.07) is 84.9. The zero-order valence-electron chi connectivity index (χ0n) is 87.7. The van der Waals surface area contributed by atoms with Gasteiger partial charge >= 0.3 is 86.9 Å². The van der Waals surface area contributed by atoms with Gasteiger partial charge in [-0.2, -0.15) is 0 Å². The van der Waals surface area contributed by atoms with Gasteiger partial charge in [0.15, 0.2) is 0 Å². The van der Waals surface area contributed by atoms with Crippen LogP contribution in [0.2, 0.25) is 0 Å². The Kier molecular flexibility index (Phi) is 50.8. The van der Waals surface area contributed by atoms with Crippen LogP contribution in [0.3, 0.4) is 0 Å². The van der Waals surface area contributed by atoms with E-state index in [1.165, 1.54) is 106 Å². The number of rotatable bonds is 14. The van der Waals surface area contributed by atoms with Gasteiger partial charge in [0.1, 0.15) is 23.0 Å². The minimum atomic E-state index is -0.135. The molecule has 12 aromatic rings. The van der Waals surface area contributed by atoms with Crippen molar-refractivity contribution in [2.45, 2.75) is 253 Å². The molecular weight excluding hydrogens is 1740 g/mol. The SMILES string of the molecule is CCC1(CC)c2ccccc2-c2ccc(-c3cc(C(C)(C)C)cc(C(C)(C)C)c3O)cc21.CCC1(CC)c2ccccc2-c2ccc(-c3cc(C(C)(C)C)ccc3O)cc21.CCC1(CC)c2ccccc2-c2ccc(-c3cc(C)cc(C(C)(C)C)c3O)cc21.CCCC1(CC(C)C)c2ccccc2-c2ccc(-c3ccccc3O)cc21.[CH3-].[CH3-].[CH3-].[CH3-].[CH3-].[CH3-].[CH3-].[CH3-].[CH3-].[CH3-].[CH3-].[CH3-].[Ti+3].[Ti+3].[Ti+3].[Ti+3]. The van der Waals surface area contributed by atoms with Crippen LogP contribution < -0.4 is 0 Å². The molecule has 0 bridgehead atoms. The quantitative estimate of drug-likeness (QED) is 0.0646. The van der Waals surface area contributed by atoms with Crippen molar-refractivity contribution in [3.8, 4) is 112 Å². The predicted octanol–water partition coefficient (Wildman–Crippen LogP) is 36.5. The summed E-state index contributed by atoms with van der Waals surface area (Å²) >= 11 is 0. The molecule has 4 nitrogen and oxygen atoms in total. The second-order valence-corrected chi connectivity index (χ2v) is 38.4. The number of phenolic OH excluding ortho intramolecular Hbond substituents is 4. The van der Waals surface area contributed by atoms with Crippen molar-refractivity contribution < 1.29 is 107 Å². The molecule has 4 aliphatic carbocycles. The molecule has 0 heterocycles. The van der Waals surface area contributed by atoms with Crippen LogP contribution in [0.1, 0.15) is 276 Å². The predicted molar refractivity (Wildman–Crippen MR) is 572 cm³/mol. The number of benzene rings is 12. The van der Waals surface area contributed by atoms with Gasteiger partial charge in [-0.05, 0) is 268 Å². The third-order valence-electron chi connectivity index (χ3n) is 27.0. The summed E-state index contributed by atoms with van der Waals surface area (Å²) in [7, 11) is 0. The third kappa shape index (κ3) is 23.9. The van der Waals surface area contributed by atoms with Gasteiger partial charge in [0.25, 0.3) is 0 Å². The van der Waals surface area contributed by atoms with Gasteiger partial charge in [-0.3, -0.25) is 0 Å². The van der Waals surface area contributed by atoms with Crippen LogP contribution in [-0.2, 0) is 130 Å². The van der Waals surface area contributed by atoms with E-state index in [1.807, 2.05) is 30.3 Å². The molecule has 16 rings (SSSR count). The molecule has 700 valence electrons. The van der Waals surface area contributed by atoms with Gasteiger partial charge in [-0.1, -0.05) is 334 Å². The Balaban J connectivity index is -0.000000796. The second kappa shape index (κ2) is 51.2. The smallest absolute Gasteiger partial charge is 0.507 e. The Labute approximate surface area is 868 Å². The molecule has 0 amide bonds. The zero-order chi connectivity index (χ0) is 83.6. The van der Waals surface area contributed by atoms with Gasteiger partial charge in [0, 0.05) is 55.0 Å². The second-order valence-electron chi connectivity index (χ2n) is 38.4. The van der Waals surface area contributed by atoms with E-state index >= 15 is 0 Å². The van der Waals surface area contributed by atoms with E-state index in [-0.39, 0.29) is 219 Å². The molecule has 8 heteroatoms. The number of para-hydroxylation sites is 1. The fourth-order valence-corrected chi connectivity index (χ4v) is 20.6. The van der Waals surface area contributed by atoms with E-state index in [0.717, 1.165) is 113 Å². The molecule has 0 saturated heterocycles. The fraction of sp³-hybridized carbons (Fsp3) is 0.323. The molecule has 132 heavy (non-hydrogen) atoms. The first-order chi connectivity index (χ1) is 55.0. The summed E-state index contributed by atoms with van der Waals surface area (Å²) < 4.78 is 0. The number of aryl methyl sites for hydroxylation is 1. The molecule has 4 radical (unpaired) electrons. The van der Waals surface area contributed by atoms with E-state index in [9.17, 15) is 20.4 Å². The Morgan fingerprint density at radius 1 is 0.250 bits per heavy atom. The number of hydrogen-bond donors (Lipinski definition) is 4. The molecule has 1 atom stereocenters. The molecule has 4 N–H and O–H groups in total. The normalized spacial score (nSPS) is 13.5. The topological polar surface area (TPSA) is 80.9 Å². The summed E-state index contributed by atoms with van der Waals surface area (Å²) in [6.45, 7) is 49.2. The summed E-state index contributed by atoms with van der Waals surface area (Å²) in [5, 5.41) is 43.6. The van der Waals surface area contributed by atoms with Gasteiger partial charge in [0.2, 0.25) is 0 Å². The largest absolute Gasteiger partial charge is 3.00 e. The van der Waals surface area contributed by atoms with Crippen LogP contribution >= 0.6 is 0 Å². The molecule has 0 spiro atoms. The monoisotopic (exact) mass is 1910 g/mol. The van der Waals surface area contributed by atoms with E-state index < -0.39 is 0 Å². The summed E-state index contributed by atoms with van der Waals surface area (Å²) in [5.74, 6) is 2.14. The van der Waals surface area contributed by atoms with E-state index in [0.29, 0.717) is 28.9 Å². The van der Waals surface area contributed by atoms with Crippen molar-refractivity contribution in [2.75, 3.05) is 0 Å². The van der Waals surface area contributed by atoms with Gasteiger partial charge < -0.3 is 110 Å². The molecular formula is C124H164O4Ti4. The van der Waals surface area contributed by atoms with E-state index in [1.54, 1.807) is 6.07 Å². The molecule has 1 unspecified atom stereocenters. The minimum absolute atomic E-state index is 0. The Morgan fingerprint density at radius 3 is 0.826 bits per heavy atom. The van der Waals surface area contributed by atoms with Crippen LogP contribution in [0.4, 0.5) is 0 Å². The zero-order valence-corrected chi connectivity index (χ0v) is 94.0. The standard InChI is InChI=1S/C31H38O.C28H32O.C27H30O.C26H28O.12CH3.4Ti/c1-9-31(10-2)25-14-12-11-13-22(25)23-16-15-20(17-26(23)31)24-18-21(29(3,4)5)19-27(28(24)32)30(6,7)8;1-7-28(8-2)23-12-10-9-11-20(23)21-14-13-19(17-24(21)28)22-15-18(3)16-25(26(22)29)27(4,5)6;1-6-27(7-2)23-11-9-8-10-20(23)21-14-12-18(16-24(21)27)22-17-19(26(3,4)5)13-15-25(22)28;1-4-15-26(17-18(2)3)23-11-7-5-10-21(23)22-14-13-19(16-24(22)26)20-9-6-8-12-25(20)27;;;;;;;;;;;;;;;;/h11-19,32H,9-10H2,1-8H3;9-17,29H,7-8H2,1-6H3;8-17,28H,6-7H2,1-5H3;5-14,16,18,27H,4,15,17H2,1-3H3;12*1H3;;;;/q;;;;12*-1;4*+3. The Bertz CT molecular complexity index is 5660. The van der Waals surface area contributed by atoms with Gasteiger partial charge in [0.05, 0.1) is 0 Å². The van der Waals surface area contributed by atoms with Crippen LogP contribution in [0.5, 0.6) is 23.0 Å². The summed E-state index contributed by atoms with van der Waals surface area (Å²) in [5.41, 5.74) is 36.2. The first kappa shape index (κ1) is 131. The maximum atomic E-state index is 11.4. The van der Waals surface area contributed by atoms with Crippen molar-refractivity contribution in [3.63, 3.8) is 0 Å².